The SMILES string of the molecule is C1=[N+](c2ccccc2)c2ccccc2[N+]=1c1ccccc1.[Au+].c1ccc2c(c1)[n-]c1ccccc12. The van der Waals surface area contributed by atoms with Gasteiger partial charge in [-0.2, -0.15) is 0 Å². The molecule has 170 valence electrons. The van der Waals surface area contributed by atoms with Gasteiger partial charge in [0.25, 0.3) is 11.4 Å². The second kappa shape index (κ2) is 10.1. The molecular formula is C31H22AuN3+2. The summed E-state index contributed by atoms with van der Waals surface area (Å²) in [6, 6.07) is 48.9. The smallest absolute Gasteiger partial charge is 0.657 e. The van der Waals surface area contributed by atoms with Crippen LogP contribution in [-0.4, -0.2) is 6.01 Å². The number of benzene rings is 5. The molecule has 1 aliphatic rings. The predicted octanol–water partition coefficient (Wildman–Crippen LogP) is 7.49. The quantitative estimate of drug-likeness (QED) is 0.143. The summed E-state index contributed by atoms with van der Waals surface area (Å²) in [6.07, 6.45) is 0. The molecule has 0 bridgehead atoms. The molecule has 0 radical (unpaired) electrons. The number of para-hydroxylation sites is 6. The topological polar surface area (TPSA) is 20.1 Å². The van der Waals surface area contributed by atoms with Crippen LogP contribution in [0.5, 0.6) is 0 Å². The van der Waals surface area contributed by atoms with E-state index in [1.807, 2.05) is 48.5 Å². The van der Waals surface area contributed by atoms with Gasteiger partial charge in [0.05, 0.1) is 0 Å². The second-order valence-electron chi connectivity index (χ2n) is 8.08. The zero-order valence-corrected chi connectivity index (χ0v) is 21.0. The monoisotopic (exact) mass is 633 g/mol. The van der Waals surface area contributed by atoms with Crippen molar-refractivity contribution in [1.82, 2.24) is 14.1 Å². The average Bonchev–Trinajstić information content (AvgIpc) is 3.49. The first-order chi connectivity index (χ1) is 16.9. The van der Waals surface area contributed by atoms with Crippen molar-refractivity contribution in [3.63, 3.8) is 0 Å². The summed E-state index contributed by atoms with van der Waals surface area (Å²) in [6.45, 7) is 0. The van der Waals surface area contributed by atoms with Crippen molar-refractivity contribution >= 4 is 50.6 Å². The van der Waals surface area contributed by atoms with Crippen LogP contribution in [0.4, 0.5) is 22.7 Å². The maximum absolute atomic E-state index is 4.52. The third-order valence-corrected chi connectivity index (χ3v) is 5.93. The van der Waals surface area contributed by atoms with Gasteiger partial charge >= 0.3 is 28.4 Å². The molecular weight excluding hydrogens is 611 g/mol. The summed E-state index contributed by atoms with van der Waals surface area (Å²) in [7, 11) is 0. The fourth-order valence-electron chi connectivity index (χ4n) is 4.33. The Morgan fingerprint density at radius 1 is 0.429 bits per heavy atom. The van der Waals surface area contributed by atoms with Crippen molar-refractivity contribution in [2.24, 2.45) is 0 Å². The van der Waals surface area contributed by atoms with Crippen molar-refractivity contribution in [3.05, 3.63) is 133 Å². The molecule has 35 heavy (non-hydrogen) atoms. The molecule has 0 spiro atoms. The van der Waals surface area contributed by atoms with Crippen LogP contribution >= 0.6 is 0 Å². The molecule has 1 aliphatic heterocycles. The van der Waals surface area contributed by atoms with Crippen LogP contribution in [0.2, 0.25) is 0 Å². The molecule has 0 atom stereocenters. The van der Waals surface area contributed by atoms with Crippen LogP contribution < -0.4 is 14.1 Å². The predicted molar refractivity (Wildman–Crippen MR) is 142 cm³/mol. The largest absolute Gasteiger partial charge is 1.00 e. The molecule has 0 amide bonds. The molecule has 3 nitrogen and oxygen atoms in total. The van der Waals surface area contributed by atoms with Crippen molar-refractivity contribution < 1.29 is 22.4 Å². The van der Waals surface area contributed by atoms with E-state index in [1.54, 1.807) is 0 Å². The van der Waals surface area contributed by atoms with E-state index in [1.165, 1.54) is 10.8 Å². The minimum absolute atomic E-state index is 0. The molecule has 1 aromatic heterocycles. The van der Waals surface area contributed by atoms with Gasteiger partial charge in [-0.3, -0.25) is 0 Å². The van der Waals surface area contributed by atoms with E-state index >= 15 is 0 Å². The van der Waals surface area contributed by atoms with Crippen molar-refractivity contribution in [2.45, 2.75) is 0 Å². The minimum Gasteiger partial charge on any atom is -0.657 e. The Balaban J connectivity index is 0.000000156. The molecule has 6 aromatic rings. The van der Waals surface area contributed by atoms with Gasteiger partial charge in [-0.15, -0.1) is 11.0 Å². The summed E-state index contributed by atoms with van der Waals surface area (Å²) >= 11 is 0. The Morgan fingerprint density at radius 3 is 1.26 bits per heavy atom. The van der Waals surface area contributed by atoms with Crippen LogP contribution in [0, 0.1) is 0 Å². The normalized spacial score (nSPS) is 11.7. The number of hydrogen-bond donors (Lipinski definition) is 0. The molecule has 0 N–H and O–H groups in total. The van der Waals surface area contributed by atoms with E-state index in [9.17, 15) is 0 Å². The Morgan fingerprint density at radius 2 is 0.800 bits per heavy atom. The van der Waals surface area contributed by atoms with E-state index in [-0.39, 0.29) is 22.4 Å². The average molecular weight is 634 g/mol. The Kier molecular flexibility index (Phi) is 6.58. The zero-order chi connectivity index (χ0) is 22.7. The van der Waals surface area contributed by atoms with Gasteiger partial charge < -0.3 is 4.98 Å². The van der Waals surface area contributed by atoms with E-state index < -0.39 is 0 Å². The van der Waals surface area contributed by atoms with Crippen LogP contribution in [0.1, 0.15) is 0 Å². The van der Waals surface area contributed by atoms with E-state index in [0.29, 0.717) is 0 Å². The van der Waals surface area contributed by atoms with Gasteiger partial charge in [0.2, 0.25) is 11.4 Å². The van der Waals surface area contributed by atoms with Gasteiger partial charge in [0.15, 0.2) is 0 Å². The van der Waals surface area contributed by atoms with Crippen LogP contribution in [0.25, 0.3) is 21.8 Å². The van der Waals surface area contributed by atoms with E-state index in [0.717, 1.165) is 33.8 Å². The molecule has 7 rings (SSSR count). The van der Waals surface area contributed by atoms with Gasteiger partial charge in [-0.05, 0) is 19.9 Å². The molecule has 2 heterocycles. The standard InChI is InChI=1S/C19H14N2.C12H8N.Au/c1-3-9-16(10-4-1)20-15-21(17-11-5-2-6-12-17)19-14-8-7-13-18(19)20;1-3-7-11-9(5-1)10-6-2-4-8-12(10)13-11;/h1-14H;1-8H;/q+2;-1;+1. The number of nitrogens with zero attached hydrogens (tertiary/aromatic N) is 3. The number of aromatic nitrogens is 1. The first-order valence-electron chi connectivity index (χ1n) is 11.3. The number of fused-ring (bicyclic) bond motifs is 4. The fourth-order valence-corrected chi connectivity index (χ4v) is 4.33. The molecule has 0 fully saturated rings. The van der Waals surface area contributed by atoms with Gasteiger partial charge in [0, 0.05) is 36.4 Å². The summed E-state index contributed by atoms with van der Waals surface area (Å²) < 4.78 is 4.20. The number of rotatable bonds is 2. The molecule has 0 saturated carbocycles. The van der Waals surface area contributed by atoms with E-state index in [4.69, 9.17) is 0 Å². The van der Waals surface area contributed by atoms with Crippen molar-refractivity contribution in [2.75, 3.05) is 0 Å². The summed E-state index contributed by atoms with van der Waals surface area (Å²) in [5.74, 6) is 0. The maximum Gasteiger partial charge on any atom is 1.00 e. The van der Waals surface area contributed by atoms with Gasteiger partial charge in [-0.1, -0.05) is 97.1 Å². The summed E-state index contributed by atoms with van der Waals surface area (Å²) in [4.78, 5) is 4.52. The Bertz CT molecular complexity index is 1560. The second-order valence-corrected chi connectivity index (χ2v) is 8.08. The van der Waals surface area contributed by atoms with Crippen LogP contribution in [0.3, 0.4) is 0 Å². The first kappa shape index (κ1) is 22.8. The van der Waals surface area contributed by atoms with Gasteiger partial charge in [0.1, 0.15) is 0 Å². The molecule has 0 saturated heterocycles. The third kappa shape index (κ3) is 4.42. The third-order valence-electron chi connectivity index (χ3n) is 5.93. The molecule has 5 aromatic carbocycles. The molecule has 4 heteroatoms. The van der Waals surface area contributed by atoms with Crippen molar-refractivity contribution in [3.8, 4) is 0 Å². The summed E-state index contributed by atoms with van der Waals surface area (Å²) in [5, 5.41) is 2.50. The minimum atomic E-state index is 0. The van der Waals surface area contributed by atoms with Gasteiger partial charge in [-0.25, -0.2) is 0 Å². The molecule has 0 aliphatic carbocycles. The summed E-state index contributed by atoms with van der Waals surface area (Å²) in [5.41, 5.74) is 6.69. The zero-order valence-electron chi connectivity index (χ0n) is 18.8. The Hall–Kier alpha value is -3.98. The first-order valence-corrected chi connectivity index (χ1v) is 11.3. The maximum atomic E-state index is 4.52. The Labute approximate surface area is 219 Å². The fraction of sp³-hybridized carbons (Fsp3) is 0. The van der Waals surface area contributed by atoms with Crippen LogP contribution in [0.15, 0.2) is 133 Å². The molecule has 0 unspecified atom stereocenters. The number of hydrogen-bond acceptors (Lipinski definition) is 0. The van der Waals surface area contributed by atoms with Crippen LogP contribution in [-0.2, 0) is 22.4 Å². The van der Waals surface area contributed by atoms with E-state index in [2.05, 4.69) is 105 Å². The van der Waals surface area contributed by atoms with Crippen molar-refractivity contribution in [1.29, 1.82) is 0 Å².